The zero-order chi connectivity index (χ0) is 21.5. The van der Waals surface area contributed by atoms with Gasteiger partial charge in [0.1, 0.15) is 6.54 Å². The second kappa shape index (κ2) is 7.54. The van der Waals surface area contributed by atoms with Crippen molar-refractivity contribution in [3.05, 3.63) is 64.1 Å². The predicted octanol–water partition coefficient (Wildman–Crippen LogP) is 2.90. The van der Waals surface area contributed by atoms with Crippen LogP contribution in [-0.4, -0.2) is 38.2 Å². The number of fused-ring (bicyclic) bond motifs is 3. The Balaban J connectivity index is 1.55. The highest BCUT2D eigenvalue weighted by Crippen LogP contribution is 2.25. The largest absolute Gasteiger partial charge is 0.353 e. The third-order valence-electron chi connectivity index (χ3n) is 5.59. The molecule has 1 fully saturated rings. The molecule has 5 rings (SSSR count). The van der Waals surface area contributed by atoms with Crippen molar-refractivity contribution in [3.63, 3.8) is 0 Å². The topological polar surface area (TPSA) is 84.5 Å². The maximum atomic E-state index is 13.2. The van der Waals surface area contributed by atoms with Crippen LogP contribution in [-0.2, 0) is 11.3 Å². The fraction of sp³-hybridized carbons (Fsp3) is 0.304. The lowest BCUT2D eigenvalue weighted by atomic mass is 10.1. The molecule has 0 saturated carbocycles. The van der Waals surface area contributed by atoms with Gasteiger partial charge < -0.3 is 10.2 Å². The lowest BCUT2D eigenvalue weighted by Crippen LogP contribution is -2.28. The number of aryl methyl sites for hydroxylation is 2. The summed E-state index contributed by atoms with van der Waals surface area (Å²) in [5.41, 5.74) is 4.41. The normalized spacial score (nSPS) is 13.9. The number of anilines is 2. The Morgan fingerprint density at radius 2 is 1.77 bits per heavy atom. The molecule has 3 heterocycles. The molecule has 0 aliphatic carbocycles. The molecule has 8 nitrogen and oxygen atoms in total. The van der Waals surface area contributed by atoms with Gasteiger partial charge in [0.15, 0.2) is 5.82 Å². The number of para-hydroxylation sites is 2. The van der Waals surface area contributed by atoms with Gasteiger partial charge in [0.2, 0.25) is 11.6 Å². The van der Waals surface area contributed by atoms with E-state index in [9.17, 15) is 9.59 Å². The number of rotatable bonds is 4. The lowest BCUT2D eigenvalue weighted by Gasteiger charge is -2.17. The van der Waals surface area contributed by atoms with E-state index in [4.69, 9.17) is 4.98 Å². The third kappa shape index (κ3) is 3.54. The maximum absolute atomic E-state index is 13.2. The Hall–Kier alpha value is -3.68. The van der Waals surface area contributed by atoms with Crippen molar-refractivity contribution in [2.75, 3.05) is 23.3 Å². The van der Waals surface area contributed by atoms with Crippen molar-refractivity contribution in [2.45, 2.75) is 33.2 Å². The van der Waals surface area contributed by atoms with Gasteiger partial charge in [-0.1, -0.05) is 18.2 Å². The average Bonchev–Trinajstić information content (AvgIpc) is 3.36. The molecule has 0 radical (unpaired) electrons. The van der Waals surface area contributed by atoms with Gasteiger partial charge in [0.25, 0.3) is 0 Å². The van der Waals surface area contributed by atoms with E-state index in [1.807, 2.05) is 56.3 Å². The first-order chi connectivity index (χ1) is 15.0. The van der Waals surface area contributed by atoms with E-state index in [-0.39, 0.29) is 18.1 Å². The Labute approximate surface area is 179 Å². The molecular formula is C23H24N6O2. The van der Waals surface area contributed by atoms with Crippen molar-refractivity contribution in [3.8, 4) is 0 Å². The molecule has 1 saturated heterocycles. The molecule has 1 amide bonds. The fourth-order valence-corrected chi connectivity index (χ4v) is 4.31. The van der Waals surface area contributed by atoms with Crippen LogP contribution in [0, 0.1) is 13.8 Å². The first-order valence-corrected chi connectivity index (χ1v) is 10.5. The molecule has 0 unspecified atom stereocenters. The smallest absolute Gasteiger partial charge is 0.351 e. The van der Waals surface area contributed by atoms with E-state index in [1.54, 1.807) is 4.40 Å². The number of carbonyl (C=O) groups is 1. The van der Waals surface area contributed by atoms with Gasteiger partial charge in [-0.05, 0) is 62.1 Å². The highest BCUT2D eigenvalue weighted by atomic mass is 16.2. The molecule has 2 aromatic carbocycles. The van der Waals surface area contributed by atoms with Crippen molar-refractivity contribution < 1.29 is 4.79 Å². The molecule has 8 heteroatoms. The quantitative estimate of drug-likeness (QED) is 0.553. The van der Waals surface area contributed by atoms with E-state index < -0.39 is 0 Å². The third-order valence-corrected chi connectivity index (χ3v) is 5.59. The monoisotopic (exact) mass is 416 g/mol. The molecule has 158 valence electrons. The first-order valence-electron chi connectivity index (χ1n) is 10.5. The van der Waals surface area contributed by atoms with E-state index in [1.165, 1.54) is 4.68 Å². The van der Waals surface area contributed by atoms with Crippen molar-refractivity contribution in [1.82, 2.24) is 19.2 Å². The van der Waals surface area contributed by atoms with Gasteiger partial charge in [-0.25, -0.2) is 18.9 Å². The molecule has 0 atom stereocenters. The molecule has 0 bridgehead atoms. The Morgan fingerprint density at radius 1 is 1.06 bits per heavy atom. The minimum Gasteiger partial charge on any atom is -0.353 e. The van der Waals surface area contributed by atoms with Crippen LogP contribution in [0.2, 0.25) is 0 Å². The van der Waals surface area contributed by atoms with Gasteiger partial charge in [0.05, 0.1) is 11.0 Å². The van der Waals surface area contributed by atoms with Crippen LogP contribution in [0.3, 0.4) is 0 Å². The highest BCUT2D eigenvalue weighted by molar-refractivity contribution is 5.91. The summed E-state index contributed by atoms with van der Waals surface area (Å²) in [7, 11) is 0. The molecule has 1 N–H and O–H groups in total. The highest BCUT2D eigenvalue weighted by Gasteiger charge is 2.23. The summed E-state index contributed by atoms with van der Waals surface area (Å²) >= 11 is 0. The number of hydrogen-bond acceptors (Lipinski definition) is 5. The molecule has 1 aliphatic rings. The summed E-state index contributed by atoms with van der Waals surface area (Å²) < 4.78 is 2.79. The van der Waals surface area contributed by atoms with Crippen LogP contribution < -0.4 is 15.9 Å². The maximum Gasteiger partial charge on any atom is 0.351 e. The van der Waals surface area contributed by atoms with E-state index >= 15 is 0 Å². The Bertz CT molecular complexity index is 1340. The first kappa shape index (κ1) is 19.3. The summed E-state index contributed by atoms with van der Waals surface area (Å²) in [4.78, 5) is 32.9. The number of amides is 1. The van der Waals surface area contributed by atoms with Gasteiger partial charge in [-0.15, -0.1) is 5.10 Å². The van der Waals surface area contributed by atoms with E-state index in [0.29, 0.717) is 22.7 Å². The van der Waals surface area contributed by atoms with Gasteiger partial charge in [-0.2, -0.15) is 0 Å². The van der Waals surface area contributed by atoms with Crippen LogP contribution in [0.15, 0.2) is 47.3 Å². The van der Waals surface area contributed by atoms with Crippen LogP contribution >= 0.6 is 0 Å². The van der Waals surface area contributed by atoms with Crippen LogP contribution in [0.4, 0.5) is 11.5 Å². The van der Waals surface area contributed by atoms with Crippen molar-refractivity contribution in [2.24, 2.45) is 0 Å². The molecule has 1 aliphatic heterocycles. The minimum atomic E-state index is -0.343. The summed E-state index contributed by atoms with van der Waals surface area (Å²) in [6.07, 6.45) is 2.17. The van der Waals surface area contributed by atoms with Gasteiger partial charge in [0, 0.05) is 18.8 Å². The Morgan fingerprint density at radius 3 is 2.52 bits per heavy atom. The fourth-order valence-electron chi connectivity index (χ4n) is 4.31. The number of aromatic nitrogens is 4. The molecule has 31 heavy (non-hydrogen) atoms. The van der Waals surface area contributed by atoms with Crippen LogP contribution in [0.1, 0.15) is 24.0 Å². The second-order valence-corrected chi connectivity index (χ2v) is 8.14. The number of carbonyl (C=O) groups excluding carboxylic acids is 1. The van der Waals surface area contributed by atoms with Crippen molar-refractivity contribution >= 4 is 34.1 Å². The number of nitrogens with zero attached hydrogens (tertiary/aromatic N) is 5. The lowest BCUT2D eigenvalue weighted by molar-refractivity contribution is -0.117. The summed E-state index contributed by atoms with van der Waals surface area (Å²) in [5, 5.41) is 7.40. The molecule has 4 aromatic rings. The summed E-state index contributed by atoms with van der Waals surface area (Å²) in [6.45, 7) is 5.56. The predicted molar refractivity (Wildman–Crippen MR) is 121 cm³/mol. The van der Waals surface area contributed by atoms with E-state index in [0.717, 1.165) is 42.6 Å². The van der Waals surface area contributed by atoms with Gasteiger partial charge in [-0.3, -0.25) is 4.79 Å². The average molecular weight is 416 g/mol. The van der Waals surface area contributed by atoms with Crippen LogP contribution in [0.5, 0.6) is 0 Å². The zero-order valence-corrected chi connectivity index (χ0v) is 17.6. The SMILES string of the molecule is Cc1cc(C)cc(NC(=O)Cn2nc3c(N4CCCC4)nc4ccccc4n3c2=O)c1. The summed E-state index contributed by atoms with van der Waals surface area (Å²) in [6, 6.07) is 13.4. The van der Waals surface area contributed by atoms with E-state index in [2.05, 4.69) is 15.3 Å². The number of nitrogens with one attached hydrogen (secondary N) is 1. The molecule has 2 aromatic heterocycles. The standard InChI is InChI=1S/C23H24N6O2/c1-15-11-16(2)13-17(12-15)24-20(30)14-28-23(31)29-19-8-4-3-7-18(19)25-21(22(29)26-28)27-9-5-6-10-27/h3-4,7-8,11-13H,5-6,9-10,14H2,1-2H3,(H,24,30). The van der Waals surface area contributed by atoms with Crippen LogP contribution in [0.25, 0.3) is 16.7 Å². The zero-order valence-electron chi connectivity index (χ0n) is 17.6. The Kier molecular flexibility index (Phi) is 4.69. The number of hydrogen-bond donors (Lipinski definition) is 1. The molecular weight excluding hydrogens is 392 g/mol. The number of benzene rings is 2. The molecule has 0 spiro atoms. The van der Waals surface area contributed by atoms with Gasteiger partial charge >= 0.3 is 5.69 Å². The minimum absolute atomic E-state index is 0.165. The summed E-state index contributed by atoms with van der Waals surface area (Å²) in [5.74, 6) is 0.400. The second-order valence-electron chi connectivity index (χ2n) is 8.14. The van der Waals surface area contributed by atoms with Crippen molar-refractivity contribution in [1.29, 1.82) is 0 Å².